The highest BCUT2D eigenvalue weighted by Gasteiger charge is 2.01. The van der Waals surface area contributed by atoms with E-state index in [4.69, 9.17) is 4.74 Å². The molecule has 4 nitrogen and oxygen atoms in total. The minimum atomic E-state index is 0.745. The van der Waals surface area contributed by atoms with Crippen molar-refractivity contribution in [1.82, 2.24) is 4.98 Å². The zero-order valence-electron chi connectivity index (χ0n) is 14.2. The molecule has 0 aliphatic rings. The molecule has 0 amide bonds. The Bertz CT molecular complexity index is 686. The van der Waals surface area contributed by atoms with Gasteiger partial charge in [0.2, 0.25) is 0 Å². The Morgan fingerprint density at radius 3 is 2.96 bits per heavy atom. The van der Waals surface area contributed by atoms with Crippen molar-refractivity contribution in [3.63, 3.8) is 0 Å². The molecule has 24 heavy (non-hydrogen) atoms. The SMILES string of the molecule is C=N/C(=C\SCNc1ccc(OCCC)cc1C)c1cccnc1. The molecule has 0 aliphatic heterocycles. The van der Waals surface area contributed by atoms with Gasteiger partial charge in [-0.15, -0.1) is 11.8 Å². The van der Waals surface area contributed by atoms with E-state index in [1.807, 2.05) is 23.6 Å². The third-order valence-corrected chi connectivity index (χ3v) is 4.04. The second-order valence-corrected chi connectivity index (χ2v) is 6.07. The number of benzene rings is 1. The smallest absolute Gasteiger partial charge is 0.119 e. The van der Waals surface area contributed by atoms with Gasteiger partial charge in [0.05, 0.1) is 18.2 Å². The average Bonchev–Trinajstić information content (AvgIpc) is 2.62. The number of thioether (sulfide) groups is 1. The van der Waals surface area contributed by atoms with Crippen LogP contribution in [0.5, 0.6) is 5.75 Å². The minimum Gasteiger partial charge on any atom is -0.494 e. The number of hydrogen-bond acceptors (Lipinski definition) is 5. The van der Waals surface area contributed by atoms with Crippen LogP contribution in [0.1, 0.15) is 24.5 Å². The van der Waals surface area contributed by atoms with Gasteiger partial charge in [-0.3, -0.25) is 9.98 Å². The van der Waals surface area contributed by atoms with Crippen LogP contribution in [-0.2, 0) is 0 Å². The highest BCUT2D eigenvalue weighted by atomic mass is 32.2. The van der Waals surface area contributed by atoms with Gasteiger partial charge in [0.1, 0.15) is 5.75 Å². The summed E-state index contributed by atoms with van der Waals surface area (Å²) in [4.78, 5) is 8.17. The van der Waals surface area contributed by atoms with Crippen LogP contribution in [-0.4, -0.2) is 24.2 Å². The van der Waals surface area contributed by atoms with Gasteiger partial charge in [0.15, 0.2) is 0 Å². The number of ether oxygens (including phenoxy) is 1. The molecule has 0 bridgehead atoms. The number of aryl methyl sites for hydroxylation is 1. The van der Waals surface area contributed by atoms with E-state index >= 15 is 0 Å². The Morgan fingerprint density at radius 1 is 1.42 bits per heavy atom. The van der Waals surface area contributed by atoms with E-state index in [-0.39, 0.29) is 0 Å². The molecule has 0 aliphatic carbocycles. The molecule has 0 atom stereocenters. The fraction of sp³-hybridized carbons (Fsp3) is 0.263. The summed E-state index contributed by atoms with van der Waals surface area (Å²) in [6.45, 7) is 8.56. The molecular formula is C19H23N3OS. The van der Waals surface area contributed by atoms with Gasteiger partial charge in [-0.05, 0) is 61.4 Å². The first-order valence-electron chi connectivity index (χ1n) is 7.90. The van der Waals surface area contributed by atoms with E-state index < -0.39 is 0 Å². The number of hydrogen-bond donors (Lipinski definition) is 1. The zero-order chi connectivity index (χ0) is 17.2. The van der Waals surface area contributed by atoms with Crippen molar-refractivity contribution < 1.29 is 4.74 Å². The maximum atomic E-state index is 5.64. The number of nitrogens with zero attached hydrogens (tertiary/aromatic N) is 2. The van der Waals surface area contributed by atoms with Gasteiger partial charge < -0.3 is 10.1 Å². The van der Waals surface area contributed by atoms with Gasteiger partial charge in [-0.1, -0.05) is 6.92 Å². The van der Waals surface area contributed by atoms with Gasteiger partial charge in [-0.25, -0.2) is 0 Å². The second kappa shape index (κ2) is 9.78. The van der Waals surface area contributed by atoms with Crippen LogP contribution in [0.2, 0.25) is 0 Å². The fourth-order valence-corrected chi connectivity index (χ4v) is 2.79. The molecule has 126 valence electrons. The van der Waals surface area contributed by atoms with Crippen LogP contribution >= 0.6 is 11.8 Å². The van der Waals surface area contributed by atoms with Crippen molar-refractivity contribution in [2.24, 2.45) is 4.99 Å². The lowest BCUT2D eigenvalue weighted by Crippen LogP contribution is -2.00. The Labute approximate surface area is 148 Å². The molecular weight excluding hydrogens is 318 g/mol. The lowest BCUT2D eigenvalue weighted by atomic mass is 10.2. The summed E-state index contributed by atoms with van der Waals surface area (Å²) in [5.74, 6) is 1.66. The third kappa shape index (κ3) is 5.42. The summed E-state index contributed by atoms with van der Waals surface area (Å²) in [6.07, 6.45) is 4.54. The molecule has 5 heteroatoms. The number of nitrogens with one attached hydrogen (secondary N) is 1. The maximum Gasteiger partial charge on any atom is 0.119 e. The quantitative estimate of drug-likeness (QED) is 0.397. The molecule has 1 aromatic carbocycles. The summed E-state index contributed by atoms with van der Waals surface area (Å²) in [5, 5.41) is 5.40. The van der Waals surface area contributed by atoms with Gasteiger partial charge in [0, 0.05) is 23.6 Å². The normalized spacial score (nSPS) is 11.2. The molecule has 1 aromatic heterocycles. The van der Waals surface area contributed by atoms with E-state index in [1.165, 1.54) is 5.56 Å². The summed E-state index contributed by atoms with van der Waals surface area (Å²) in [7, 11) is 0. The minimum absolute atomic E-state index is 0.745. The zero-order valence-corrected chi connectivity index (χ0v) is 15.0. The van der Waals surface area contributed by atoms with Crippen molar-refractivity contribution >= 4 is 29.9 Å². The van der Waals surface area contributed by atoms with Crippen LogP contribution in [0.25, 0.3) is 5.70 Å². The van der Waals surface area contributed by atoms with E-state index in [0.717, 1.165) is 41.6 Å². The van der Waals surface area contributed by atoms with Crippen LogP contribution in [0.15, 0.2) is 53.1 Å². The van der Waals surface area contributed by atoms with Crippen LogP contribution < -0.4 is 10.1 Å². The molecule has 2 rings (SSSR count). The standard InChI is InChI=1S/C19H23N3OS/c1-4-10-23-17-7-8-18(15(2)11-17)22-14-24-13-19(20-3)16-6-5-9-21-12-16/h5-9,11-13,22H,3-4,10,14H2,1-2H3/b19-13-. The van der Waals surface area contributed by atoms with Crippen molar-refractivity contribution in [2.45, 2.75) is 20.3 Å². The summed E-state index contributed by atoms with van der Waals surface area (Å²) in [6, 6.07) is 9.98. The Hall–Kier alpha value is -2.27. The molecule has 1 heterocycles. The van der Waals surface area contributed by atoms with Crippen molar-refractivity contribution in [1.29, 1.82) is 0 Å². The maximum absolute atomic E-state index is 5.64. The van der Waals surface area contributed by atoms with E-state index in [1.54, 1.807) is 24.2 Å². The Kier molecular flexibility index (Phi) is 7.36. The molecule has 0 unspecified atom stereocenters. The molecule has 0 spiro atoms. The lowest BCUT2D eigenvalue weighted by Gasteiger charge is -2.11. The average molecular weight is 341 g/mol. The first-order chi connectivity index (χ1) is 11.7. The summed E-state index contributed by atoms with van der Waals surface area (Å²) in [5.41, 5.74) is 4.07. The Morgan fingerprint density at radius 2 is 2.29 bits per heavy atom. The highest BCUT2D eigenvalue weighted by Crippen LogP contribution is 2.23. The molecule has 0 saturated carbocycles. The number of pyridine rings is 1. The van der Waals surface area contributed by atoms with Crippen molar-refractivity contribution in [2.75, 3.05) is 17.8 Å². The number of aliphatic imine (C=N–C) groups is 1. The topological polar surface area (TPSA) is 46.5 Å². The van der Waals surface area contributed by atoms with Crippen molar-refractivity contribution in [3.05, 3.63) is 59.3 Å². The number of aromatic nitrogens is 1. The van der Waals surface area contributed by atoms with E-state index in [0.29, 0.717) is 0 Å². The Balaban J connectivity index is 1.89. The van der Waals surface area contributed by atoms with Crippen molar-refractivity contribution in [3.8, 4) is 5.75 Å². The second-order valence-electron chi connectivity index (χ2n) is 5.22. The van der Waals surface area contributed by atoms with Crippen LogP contribution in [0, 0.1) is 6.92 Å². The monoisotopic (exact) mass is 341 g/mol. The summed E-state index contributed by atoms with van der Waals surface area (Å²) < 4.78 is 5.64. The summed E-state index contributed by atoms with van der Waals surface area (Å²) >= 11 is 1.64. The van der Waals surface area contributed by atoms with E-state index in [2.05, 4.69) is 48.0 Å². The van der Waals surface area contributed by atoms with Crippen LogP contribution in [0.4, 0.5) is 5.69 Å². The molecule has 0 radical (unpaired) electrons. The molecule has 0 fully saturated rings. The van der Waals surface area contributed by atoms with E-state index in [9.17, 15) is 0 Å². The molecule has 2 aromatic rings. The van der Waals surface area contributed by atoms with Gasteiger partial charge >= 0.3 is 0 Å². The van der Waals surface area contributed by atoms with Gasteiger partial charge in [-0.2, -0.15) is 0 Å². The predicted molar refractivity (Wildman–Crippen MR) is 105 cm³/mol. The number of anilines is 1. The van der Waals surface area contributed by atoms with Crippen LogP contribution in [0.3, 0.4) is 0 Å². The predicted octanol–water partition coefficient (Wildman–Crippen LogP) is 4.98. The first kappa shape index (κ1) is 18.1. The molecule has 0 saturated heterocycles. The fourth-order valence-electron chi connectivity index (χ4n) is 2.10. The third-order valence-electron chi connectivity index (χ3n) is 3.34. The van der Waals surface area contributed by atoms with Gasteiger partial charge in [0.25, 0.3) is 0 Å². The largest absolute Gasteiger partial charge is 0.494 e. The lowest BCUT2D eigenvalue weighted by molar-refractivity contribution is 0.317. The number of rotatable bonds is 9. The first-order valence-corrected chi connectivity index (χ1v) is 8.95. The molecule has 1 N–H and O–H groups in total. The highest BCUT2D eigenvalue weighted by molar-refractivity contribution is 8.02.